The molecule has 0 amide bonds. The highest BCUT2D eigenvalue weighted by Crippen LogP contribution is 2.36. The summed E-state index contributed by atoms with van der Waals surface area (Å²) in [5.41, 5.74) is 0.491. The Labute approximate surface area is 97.3 Å². The maximum absolute atomic E-state index is 12.0. The summed E-state index contributed by atoms with van der Waals surface area (Å²) in [6.07, 6.45) is -3.18. The van der Waals surface area contributed by atoms with Crippen molar-refractivity contribution in [1.29, 1.82) is 0 Å². The van der Waals surface area contributed by atoms with Crippen LogP contribution >= 0.6 is 0 Å². The summed E-state index contributed by atoms with van der Waals surface area (Å²) in [5, 5.41) is 0. The normalized spacial score (nSPS) is 18.2. The molecule has 2 nitrogen and oxygen atoms in total. The van der Waals surface area contributed by atoms with Crippen LogP contribution in [0.5, 0.6) is 11.5 Å². The van der Waals surface area contributed by atoms with Gasteiger partial charge in [0.2, 0.25) is 0 Å². The van der Waals surface area contributed by atoms with Gasteiger partial charge < -0.3 is 9.47 Å². The van der Waals surface area contributed by atoms with Crippen LogP contribution in [0.1, 0.15) is 25.8 Å². The molecule has 0 spiro atoms. The Morgan fingerprint density at radius 3 is 2.65 bits per heavy atom. The Morgan fingerprint density at radius 2 is 2.00 bits per heavy atom. The molecule has 0 atom stereocenters. The fourth-order valence-corrected chi connectivity index (χ4v) is 1.83. The van der Waals surface area contributed by atoms with Gasteiger partial charge in [-0.2, -0.15) is 0 Å². The van der Waals surface area contributed by atoms with E-state index < -0.39 is 6.36 Å². The van der Waals surface area contributed by atoms with E-state index in [2.05, 4.69) is 4.74 Å². The number of hydrogen-bond donors (Lipinski definition) is 0. The first-order valence-electron chi connectivity index (χ1n) is 5.33. The van der Waals surface area contributed by atoms with Crippen LogP contribution in [0, 0.1) is 0 Å². The van der Waals surface area contributed by atoms with Crippen molar-refractivity contribution in [2.45, 2.75) is 38.7 Å². The number of fused-ring (bicyclic) bond motifs is 1. The lowest BCUT2D eigenvalue weighted by molar-refractivity contribution is -0.274. The van der Waals surface area contributed by atoms with Crippen molar-refractivity contribution in [3.63, 3.8) is 0 Å². The van der Waals surface area contributed by atoms with Crippen LogP contribution in [-0.4, -0.2) is 12.0 Å². The van der Waals surface area contributed by atoms with E-state index in [-0.39, 0.29) is 11.4 Å². The van der Waals surface area contributed by atoms with Crippen LogP contribution in [0.2, 0.25) is 0 Å². The minimum Gasteiger partial charge on any atom is -0.488 e. The Balaban J connectivity index is 2.22. The lowest BCUT2D eigenvalue weighted by Gasteiger charge is -2.32. The number of ether oxygens (including phenoxy) is 2. The Bertz CT molecular complexity index is 424. The van der Waals surface area contributed by atoms with Gasteiger partial charge in [-0.05, 0) is 50.5 Å². The van der Waals surface area contributed by atoms with Gasteiger partial charge in [0.15, 0.2) is 0 Å². The highest BCUT2D eigenvalue weighted by molar-refractivity contribution is 5.42. The Morgan fingerprint density at radius 1 is 1.29 bits per heavy atom. The second-order valence-corrected chi connectivity index (χ2v) is 4.68. The van der Waals surface area contributed by atoms with Gasteiger partial charge >= 0.3 is 6.36 Å². The topological polar surface area (TPSA) is 18.5 Å². The average Bonchev–Trinajstić information content (AvgIpc) is 2.15. The van der Waals surface area contributed by atoms with E-state index in [9.17, 15) is 13.2 Å². The maximum atomic E-state index is 12.0. The first kappa shape index (κ1) is 12.1. The summed E-state index contributed by atoms with van der Waals surface area (Å²) in [5.74, 6) is 0.440. The molecule has 17 heavy (non-hydrogen) atoms. The highest BCUT2D eigenvalue weighted by atomic mass is 19.4. The summed E-state index contributed by atoms with van der Waals surface area (Å²) in [7, 11) is 0. The molecule has 1 aromatic rings. The summed E-state index contributed by atoms with van der Waals surface area (Å²) in [4.78, 5) is 0. The maximum Gasteiger partial charge on any atom is 0.573 e. The number of aryl methyl sites for hydroxylation is 1. The Kier molecular flexibility index (Phi) is 2.72. The van der Waals surface area contributed by atoms with Crippen molar-refractivity contribution >= 4 is 0 Å². The van der Waals surface area contributed by atoms with Crippen LogP contribution in [0.4, 0.5) is 13.2 Å². The van der Waals surface area contributed by atoms with E-state index in [1.54, 1.807) is 0 Å². The van der Waals surface area contributed by atoms with E-state index in [0.29, 0.717) is 12.2 Å². The van der Waals surface area contributed by atoms with Crippen LogP contribution in [0.15, 0.2) is 18.2 Å². The molecule has 5 heteroatoms. The molecule has 0 unspecified atom stereocenters. The Hall–Kier alpha value is -1.39. The lowest BCUT2D eigenvalue weighted by atomic mass is 9.94. The zero-order valence-corrected chi connectivity index (χ0v) is 9.60. The van der Waals surface area contributed by atoms with E-state index in [1.807, 2.05) is 13.8 Å². The molecule has 0 radical (unpaired) electrons. The largest absolute Gasteiger partial charge is 0.573 e. The first-order chi connectivity index (χ1) is 7.75. The van der Waals surface area contributed by atoms with Crippen LogP contribution in [-0.2, 0) is 6.42 Å². The van der Waals surface area contributed by atoms with Crippen LogP contribution in [0.25, 0.3) is 0 Å². The molecule has 0 aromatic heterocycles. The monoisotopic (exact) mass is 246 g/mol. The van der Waals surface area contributed by atoms with Crippen molar-refractivity contribution < 1.29 is 22.6 Å². The van der Waals surface area contributed by atoms with Gasteiger partial charge in [0.1, 0.15) is 17.1 Å². The summed E-state index contributed by atoms with van der Waals surface area (Å²) in [6.45, 7) is 3.91. The number of hydrogen-bond acceptors (Lipinski definition) is 2. The fraction of sp³-hybridized carbons (Fsp3) is 0.500. The van der Waals surface area contributed by atoms with Gasteiger partial charge in [0.25, 0.3) is 0 Å². The molecule has 0 saturated carbocycles. The quantitative estimate of drug-likeness (QED) is 0.752. The van der Waals surface area contributed by atoms with E-state index in [4.69, 9.17) is 4.74 Å². The smallest absolute Gasteiger partial charge is 0.488 e. The summed E-state index contributed by atoms with van der Waals surface area (Å²) in [6, 6.07) is 4.18. The molecule has 0 saturated heterocycles. The van der Waals surface area contributed by atoms with Gasteiger partial charge in [-0.3, -0.25) is 0 Å². The fourth-order valence-electron chi connectivity index (χ4n) is 1.83. The minimum atomic E-state index is -4.65. The molecule has 0 bridgehead atoms. The van der Waals surface area contributed by atoms with Gasteiger partial charge in [-0.1, -0.05) is 0 Å². The van der Waals surface area contributed by atoms with E-state index in [0.717, 1.165) is 12.0 Å². The second-order valence-electron chi connectivity index (χ2n) is 4.68. The third-order valence-corrected chi connectivity index (χ3v) is 2.65. The number of rotatable bonds is 1. The molecule has 0 N–H and O–H groups in total. The van der Waals surface area contributed by atoms with E-state index in [1.165, 1.54) is 18.2 Å². The van der Waals surface area contributed by atoms with Crippen molar-refractivity contribution in [3.05, 3.63) is 23.8 Å². The predicted molar refractivity (Wildman–Crippen MR) is 56.2 cm³/mol. The zero-order chi connectivity index (χ0) is 12.7. The standard InChI is InChI=1S/C12H13F3O2/c1-11(2)6-5-8-7-9(16-12(13,14)15)3-4-10(8)17-11/h3-4,7H,5-6H2,1-2H3. The third kappa shape index (κ3) is 3.05. The molecular formula is C12H13F3O2. The van der Waals surface area contributed by atoms with Gasteiger partial charge in [-0.25, -0.2) is 0 Å². The molecule has 0 fully saturated rings. The van der Waals surface area contributed by atoms with Crippen LogP contribution < -0.4 is 9.47 Å². The van der Waals surface area contributed by atoms with Gasteiger partial charge in [0, 0.05) is 0 Å². The summed E-state index contributed by atoms with van der Waals surface area (Å²) >= 11 is 0. The second kappa shape index (κ2) is 3.82. The minimum absolute atomic E-state index is 0.195. The van der Waals surface area contributed by atoms with Crippen molar-refractivity contribution in [1.82, 2.24) is 0 Å². The molecule has 1 aliphatic rings. The SMILES string of the molecule is CC1(C)CCc2cc(OC(F)(F)F)ccc2O1. The molecular weight excluding hydrogens is 233 g/mol. The number of alkyl halides is 3. The van der Waals surface area contributed by atoms with Gasteiger partial charge in [0.05, 0.1) is 0 Å². The number of benzene rings is 1. The molecule has 0 aliphatic carbocycles. The first-order valence-corrected chi connectivity index (χ1v) is 5.33. The zero-order valence-electron chi connectivity index (χ0n) is 9.60. The van der Waals surface area contributed by atoms with Crippen molar-refractivity contribution in [2.24, 2.45) is 0 Å². The van der Waals surface area contributed by atoms with Crippen LogP contribution in [0.3, 0.4) is 0 Å². The third-order valence-electron chi connectivity index (χ3n) is 2.65. The molecule has 2 rings (SSSR count). The van der Waals surface area contributed by atoms with E-state index >= 15 is 0 Å². The average molecular weight is 246 g/mol. The van der Waals surface area contributed by atoms with Crippen molar-refractivity contribution in [3.8, 4) is 11.5 Å². The molecule has 1 aliphatic heterocycles. The van der Waals surface area contributed by atoms with Gasteiger partial charge in [-0.15, -0.1) is 13.2 Å². The molecule has 1 aromatic carbocycles. The predicted octanol–water partition coefficient (Wildman–Crippen LogP) is 3.69. The molecule has 94 valence electrons. The number of halogens is 3. The lowest BCUT2D eigenvalue weighted by Crippen LogP contribution is -2.32. The van der Waals surface area contributed by atoms with Crippen molar-refractivity contribution in [2.75, 3.05) is 0 Å². The highest BCUT2D eigenvalue weighted by Gasteiger charge is 2.32. The summed E-state index contributed by atoms with van der Waals surface area (Å²) < 4.78 is 45.7. The molecule has 1 heterocycles.